The van der Waals surface area contributed by atoms with Crippen LogP contribution in [0.5, 0.6) is 0 Å². The van der Waals surface area contributed by atoms with Crippen LogP contribution in [0.15, 0.2) is 43.0 Å². The van der Waals surface area contributed by atoms with Crippen LogP contribution in [0, 0.1) is 5.92 Å². The Hall–Kier alpha value is -1.61. The second-order valence-corrected chi connectivity index (χ2v) is 4.74. The lowest BCUT2D eigenvalue weighted by molar-refractivity contribution is -0.154. The Kier molecular flexibility index (Phi) is 4.15. The highest BCUT2D eigenvalue weighted by molar-refractivity contribution is 5.77. The Bertz CT molecular complexity index is 416. The molecule has 96 valence electrons. The first-order chi connectivity index (χ1) is 8.72. The Labute approximate surface area is 108 Å². The topological polar surface area (TPSA) is 40.5 Å². The summed E-state index contributed by atoms with van der Waals surface area (Å²) in [5, 5.41) is 10.2. The lowest BCUT2D eigenvalue weighted by atomic mass is 9.92. The highest BCUT2D eigenvalue weighted by Gasteiger charge is 2.33. The van der Waals surface area contributed by atoms with Gasteiger partial charge >= 0.3 is 0 Å². The number of hydrogen-bond donors (Lipinski definition) is 1. The van der Waals surface area contributed by atoms with Crippen molar-refractivity contribution in [1.29, 1.82) is 0 Å². The standard InChI is InChI=1S/C15H19NO2/c1-2-6-13-9-10-14(17)16(15(13)18)11-12-7-4-3-5-8-12/h2-5,7-8,13,15,18H,1,6,9-11H2. The minimum absolute atomic E-state index is 0.0339. The van der Waals surface area contributed by atoms with Crippen LogP contribution >= 0.6 is 0 Å². The van der Waals surface area contributed by atoms with Crippen LogP contribution in [0.1, 0.15) is 24.8 Å². The predicted octanol–water partition coefficient (Wildman–Crippen LogP) is 2.32. The van der Waals surface area contributed by atoms with Crippen LogP contribution < -0.4 is 0 Å². The van der Waals surface area contributed by atoms with Gasteiger partial charge in [0.25, 0.3) is 0 Å². The average molecular weight is 245 g/mol. The van der Waals surface area contributed by atoms with E-state index in [-0.39, 0.29) is 11.8 Å². The zero-order valence-electron chi connectivity index (χ0n) is 10.5. The largest absolute Gasteiger partial charge is 0.373 e. The molecule has 2 atom stereocenters. The number of piperidine rings is 1. The summed E-state index contributed by atoms with van der Waals surface area (Å²) in [4.78, 5) is 13.5. The number of aliphatic hydroxyl groups is 1. The number of nitrogens with zero attached hydrogens (tertiary/aromatic N) is 1. The van der Waals surface area contributed by atoms with E-state index in [1.54, 1.807) is 4.90 Å². The van der Waals surface area contributed by atoms with Gasteiger partial charge in [0.15, 0.2) is 0 Å². The molecule has 1 aliphatic heterocycles. The monoisotopic (exact) mass is 245 g/mol. The summed E-state index contributed by atoms with van der Waals surface area (Å²) >= 11 is 0. The number of carbonyl (C=O) groups excluding carboxylic acids is 1. The van der Waals surface area contributed by atoms with E-state index >= 15 is 0 Å². The van der Waals surface area contributed by atoms with Gasteiger partial charge < -0.3 is 10.0 Å². The fourth-order valence-electron chi connectivity index (χ4n) is 2.42. The highest BCUT2D eigenvalue weighted by atomic mass is 16.3. The van der Waals surface area contributed by atoms with Crippen molar-refractivity contribution in [2.24, 2.45) is 5.92 Å². The van der Waals surface area contributed by atoms with Crippen molar-refractivity contribution in [3.05, 3.63) is 48.6 Å². The SMILES string of the molecule is C=CCC1CCC(=O)N(Cc2ccccc2)C1O. The molecule has 18 heavy (non-hydrogen) atoms. The molecule has 1 saturated heterocycles. The summed E-state index contributed by atoms with van der Waals surface area (Å²) in [5.41, 5.74) is 1.05. The molecule has 0 saturated carbocycles. The van der Waals surface area contributed by atoms with Gasteiger partial charge in [-0.2, -0.15) is 0 Å². The predicted molar refractivity (Wildman–Crippen MR) is 70.5 cm³/mol. The first-order valence-corrected chi connectivity index (χ1v) is 6.34. The van der Waals surface area contributed by atoms with Crippen molar-refractivity contribution in [1.82, 2.24) is 4.90 Å². The maximum atomic E-state index is 11.9. The molecule has 0 aliphatic carbocycles. The van der Waals surface area contributed by atoms with E-state index < -0.39 is 6.23 Å². The minimum atomic E-state index is -0.690. The van der Waals surface area contributed by atoms with Gasteiger partial charge in [0.05, 0.1) is 0 Å². The highest BCUT2D eigenvalue weighted by Crippen LogP contribution is 2.27. The summed E-state index contributed by atoms with van der Waals surface area (Å²) < 4.78 is 0. The number of carbonyl (C=O) groups is 1. The fraction of sp³-hybridized carbons (Fsp3) is 0.400. The number of allylic oxidation sites excluding steroid dienone is 1. The summed E-state index contributed by atoms with van der Waals surface area (Å²) in [6, 6.07) is 9.77. The number of benzene rings is 1. The molecule has 0 aromatic heterocycles. The van der Waals surface area contributed by atoms with Crippen molar-refractivity contribution < 1.29 is 9.90 Å². The van der Waals surface area contributed by atoms with E-state index in [0.29, 0.717) is 13.0 Å². The van der Waals surface area contributed by atoms with Gasteiger partial charge in [-0.25, -0.2) is 0 Å². The lowest BCUT2D eigenvalue weighted by Gasteiger charge is -2.37. The molecule has 1 heterocycles. The molecule has 1 amide bonds. The van der Waals surface area contributed by atoms with E-state index in [4.69, 9.17) is 0 Å². The third kappa shape index (κ3) is 2.79. The second kappa shape index (κ2) is 5.83. The minimum Gasteiger partial charge on any atom is -0.373 e. The van der Waals surface area contributed by atoms with Crippen LogP contribution in [0.25, 0.3) is 0 Å². The summed E-state index contributed by atoms with van der Waals surface area (Å²) in [7, 11) is 0. The van der Waals surface area contributed by atoms with Crippen molar-refractivity contribution in [2.45, 2.75) is 32.0 Å². The molecule has 1 N–H and O–H groups in total. The Morgan fingerprint density at radius 1 is 1.39 bits per heavy atom. The van der Waals surface area contributed by atoms with Gasteiger partial charge in [0.2, 0.25) is 5.91 Å². The summed E-state index contributed by atoms with van der Waals surface area (Å²) in [6.45, 7) is 4.18. The smallest absolute Gasteiger partial charge is 0.224 e. The Balaban J connectivity index is 2.09. The van der Waals surface area contributed by atoms with E-state index in [0.717, 1.165) is 18.4 Å². The molecule has 1 aromatic carbocycles. The first kappa shape index (κ1) is 12.8. The Morgan fingerprint density at radius 2 is 2.11 bits per heavy atom. The van der Waals surface area contributed by atoms with Gasteiger partial charge in [-0.15, -0.1) is 6.58 Å². The molecule has 0 radical (unpaired) electrons. The molecule has 1 fully saturated rings. The van der Waals surface area contributed by atoms with Crippen LogP contribution in [0.4, 0.5) is 0 Å². The van der Waals surface area contributed by atoms with Gasteiger partial charge in [0, 0.05) is 18.9 Å². The van der Waals surface area contributed by atoms with Gasteiger partial charge in [-0.05, 0) is 18.4 Å². The van der Waals surface area contributed by atoms with E-state index in [1.807, 2.05) is 36.4 Å². The molecule has 1 aliphatic rings. The number of rotatable bonds is 4. The number of likely N-dealkylation sites (tertiary alicyclic amines) is 1. The molecule has 3 nitrogen and oxygen atoms in total. The molecule has 1 aromatic rings. The van der Waals surface area contributed by atoms with Gasteiger partial charge in [-0.3, -0.25) is 4.79 Å². The molecule has 2 rings (SSSR count). The van der Waals surface area contributed by atoms with E-state index in [2.05, 4.69) is 6.58 Å². The summed E-state index contributed by atoms with van der Waals surface area (Å²) in [6.07, 6.45) is 3.13. The van der Waals surface area contributed by atoms with Gasteiger partial charge in [0.1, 0.15) is 6.23 Å². The second-order valence-electron chi connectivity index (χ2n) is 4.74. The van der Waals surface area contributed by atoms with E-state index in [1.165, 1.54) is 0 Å². The third-order valence-corrected chi connectivity index (χ3v) is 3.46. The molecule has 0 spiro atoms. The van der Waals surface area contributed by atoms with Crippen LogP contribution in [-0.4, -0.2) is 22.1 Å². The molecule has 2 unspecified atom stereocenters. The third-order valence-electron chi connectivity index (χ3n) is 3.46. The fourth-order valence-corrected chi connectivity index (χ4v) is 2.42. The zero-order valence-corrected chi connectivity index (χ0v) is 10.5. The summed E-state index contributed by atoms with van der Waals surface area (Å²) in [5.74, 6) is 0.149. The van der Waals surface area contributed by atoms with Crippen molar-refractivity contribution >= 4 is 5.91 Å². The van der Waals surface area contributed by atoms with Crippen molar-refractivity contribution in [3.63, 3.8) is 0 Å². The quantitative estimate of drug-likeness (QED) is 0.827. The van der Waals surface area contributed by atoms with Crippen molar-refractivity contribution in [3.8, 4) is 0 Å². The molecule has 0 bridgehead atoms. The van der Waals surface area contributed by atoms with Crippen LogP contribution in [0.2, 0.25) is 0 Å². The van der Waals surface area contributed by atoms with Crippen molar-refractivity contribution in [2.75, 3.05) is 0 Å². The Morgan fingerprint density at radius 3 is 2.78 bits per heavy atom. The lowest BCUT2D eigenvalue weighted by Crippen LogP contribution is -2.47. The molecule has 3 heteroatoms. The molecular weight excluding hydrogens is 226 g/mol. The zero-order chi connectivity index (χ0) is 13.0. The number of amides is 1. The maximum absolute atomic E-state index is 11.9. The van der Waals surface area contributed by atoms with Crippen LogP contribution in [-0.2, 0) is 11.3 Å². The van der Waals surface area contributed by atoms with Crippen LogP contribution in [0.3, 0.4) is 0 Å². The normalized spacial score (nSPS) is 24.1. The van der Waals surface area contributed by atoms with Gasteiger partial charge in [-0.1, -0.05) is 36.4 Å². The number of aliphatic hydroxyl groups excluding tert-OH is 1. The maximum Gasteiger partial charge on any atom is 0.224 e. The number of hydrogen-bond acceptors (Lipinski definition) is 2. The molecular formula is C15H19NO2. The van der Waals surface area contributed by atoms with E-state index in [9.17, 15) is 9.90 Å². The average Bonchev–Trinajstić information content (AvgIpc) is 2.39. The first-order valence-electron chi connectivity index (χ1n) is 6.34.